The monoisotopic (exact) mass is 691 g/mol. The van der Waals surface area contributed by atoms with E-state index in [0.717, 1.165) is 67.4 Å². The minimum absolute atomic E-state index is 0.00985. The number of pyridine rings is 1. The van der Waals surface area contributed by atoms with Gasteiger partial charge in [-0.05, 0) is 99.2 Å². The van der Waals surface area contributed by atoms with Gasteiger partial charge in [0.15, 0.2) is 17.1 Å². The van der Waals surface area contributed by atoms with E-state index in [9.17, 15) is 31.5 Å². The van der Waals surface area contributed by atoms with Crippen LogP contribution in [0.5, 0.6) is 0 Å². The van der Waals surface area contributed by atoms with Crippen LogP contribution in [-0.4, -0.2) is 45.4 Å². The molecule has 2 aliphatic rings. The second-order valence-corrected chi connectivity index (χ2v) is 13.7. The van der Waals surface area contributed by atoms with Crippen molar-refractivity contribution in [2.75, 3.05) is 13.1 Å². The maximum Gasteiger partial charge on any atom is 0.416 e. The lowest BCUT2D eigenvalue weighted by molar-refractivity contribution is -0.138. The van der Waals surface area contributed by atoms with Gasteiger partial charge in [0.25, 0.3) is 0 Å². The van der Waals surface area contributed by atoms with E-state index in [1.165, 1.54) is 24.3 Å². The van der Waals surface area contributed by atoms with Crippen LogP contribution in [0, 0.1) is 11.6 Å². The predicted molar refractivity (Wildman–Crippen MR) is 184 cm³/mol. The number of hydrogen-bond acceptors (Lipinski definition) is 3. The third-order valence-corrected chi connectivity index (χ3v) is 10.3. The molecule has 3 aromatic carbocycles. The number of amides is 1. The third kappa shape index (κ3) is 7.85. The molecule has 0 atom stereocenters. The predicted octanol–water partition coefficient (Wildman–Crippen LogP) is 7.99. The second kappa shape index (κ2) is 14.9. The number of carbonyl (C=O) groups excluding carboxylic acids is 1. The number of benzene rings is 3. The molecule has 1 aromatic heterocycles. The highest BCUT2D eigenvalue weighted by Gasteiger charge is 2.31. The normalized spacial score (nSPS) is 15.4. The topological polar surface area (TPSA) is 45.5 Å². The van der Waals surface area contributed by atoms with Crippen LogP contribution in [-0.2, 0) is 49.7 Å². The summed E-state index contributed by atoms with van der Waals surface area (Å²) in [5.74, 6) is -1.91. The van der Waals surface area contributed by atoms with Gasteiger partial charge < -0.3 is 14.4 Å². The van der Waals surface area contributed by atoms with Gasteiger partial charge in [-0.2, -0.15) is 13.2 Å². The number of nitrogens with zero attached hydrogens (tertiary/aromatic N) is 3. The number of aryl methyl sites for hydroxylation is 2. The fourth-order valence-corrected chi connectivity index (χ4v) is 7.40. The molecule has 10 heteroatoms. The van der Waals surface area contributed by atoms with Crippen molar-refractivity contribution in [1.29, 1.82) is 0 Å². The summed E-state index contributed by atoms with van der Waals surface area (Å²) in [5.41, 5.74) is 3.95. The average molecular weight is 692 g/mol. The van der Waals surface area contributed by atoms with E-state index in [4.69, 9.17) is 0 Å². The van der Waals surface area contributed by atoms with Gasteiger partial charge in [-0.1, -0.05) is 48.5 Å². The molecule has 0 unspecified atom stereocenters. The second-order valence-electron chi connectivity index (χ2n) is 13.7. The van der Waals surface area contributed by atoms with Crippen molar-refractivity contribution in [2.45, 2.75) is 90.1 Å². The molecule has 50 heavy (non-hydrogen) atoms. The highest BCUT2D eigenvalue weighted by Crippen LogP contribution is 2.31. The molecule has 4 aromatic rings. The quantitative estimate of drug-likeness (QED) is 0.159. The number of alkyl halides is 3. The maximum absolute atomic E-state index is 14.5. The maximum atomic E-state index is 14.5. The Labute approximate surface area is 289 Å². The van der Waals surface area contributed by atoms with Crippen molar-refractivity contribution in [3.05, 3.63) is 128 Å². The third-order valence-electron chi connectivity index (χ3n) is 10.3. The van der Waals surface area contributed by atoms with Crippen molar-refractivity contribution >= 4 is 5.91 Å². The molecule has 1 aliphatic carbocycles. The lowest BCUT2D eigenvalue weighted by Crippen LogP contribution is -2.49. The molecule has 1 fully saturated rings. The number of piperidine rings is 1. The Morgan fingerprint density at radius 1 is 0.900 bits per heavy atom. The standard InChI is InChI=1S/C40H42F5N3O2/c1-26(2)46-21-19-32(20-22-46)48(24-27-9-11-28(12-10-27)29-13-16-31(17-14-29)40(43,44)45)38(50)25-47-33(23-37(49)34-6-4-8-36(34)47)18-15-30-5-3-7-35(41)39(30)42/h3,5,7,9-14,16-17,23,26,32H,4,6,8,15,18-22,24-25H2,1-2H3. The Hall–Kier alpha value is -4.31. The van der Waals surface area contributed by atoms with E-state index in [-0.39, 0.29) is 42.3 Å². The minimum atomic E-state index is -4.40. The summed E-state index contributed by atoms with van der Waals surface area (Å²) < 4.78 is 69.7. The van der Waals surface area contributed by atoms with Crippen LogP contribution in [0.15, 0.2) is 77.6 Å². The molecule has 0 radical (unpaired) electrons. The van der Waals surface area contributed by atoms with Crippen LogP contribution in [0.4, 0.5) is 22.0 Å². The number of halogens is 5. The fraction of sp³-hybridized carbons (Fsp3) is 0.400. The van der Waals surface area contributed by atoms with Gasteiger partial charge in [-0.15, -0.1) is 0 Å². The van der Waals surface area contributed by atoms with Gasteiger partial charge in [0.2, 0.25) is 5.91 Å². The molecular formula is C40H42F5N3O2. The van der Waals surface area contributed by atoms with Crippen molar-refractivity contribution in [2.24, 2.45) is 0 Å². The number of fused-ring (bicyclic) bond motifs is 1. The fourth-order valence-electron chi connectivity index (χ4n) is 7.40. The van der Waals surface area contributed by atoms with E-state index < -0.39 is 23.4 Å². The molecule has 6 rings (SSSR count). The highest BCUT2D eigenvalue weighted by molar-refractivity contribution is 5.77. The van der Waals surface area contributed by atoms with Crippen molar-refractivity contribution < 1.29 is 26.7 Å². The average Bonchev–Trinajstić information content (AvgIpc) is 3.60. The minimum Gasteiger partial charge on any atom is -0.339 e. The number of hydrogen-bond donors (Lipinski definition) is 0. The molecule has 0 saturated carbocycles. The first-order valence-corrected chi connectivity index (χ1v) is 17.4. The zero-order valence-corrected chi connectivity index (χ0v) is 28.4. The summed E-state index contributed by atoms with van der Waals surface area (Å²) in [7, 11) is 0. The molecule has 1 saturated heterocycles. The zero-order chi connectivity index (χ0) is 35.6. The van der Waals surface area contributed by atoms with E-state index in [0.29, 0.717) is 42.2 Å². The smallest absolute Gasteiger partial charge is 0.339 e. The SMILES string of the molecule is CC(C)N1CCC(N(Cc2ccc(-c3ccc(C(F)(F)F)cc3)cc2)C(=O)Cn2c(CCc3cccc(F)c3F)cc(=O)c3c2CCC3)CC1. The van der Waals surface area contributed by atoms with Gasteiger partial charge in [-0.3, -0.25) is 9.59 Å². The first-order valence-electron chi connectivity index (χ1n) is 17.4. The first kappa shape index (κ1) is 35.5. The lowest BCUT2D eigenvalue weighted by atomic mass is 9.99. The van der Waals surface area contributed by atoms with Gasteiger partial charge in [-0.25, -0.2) is 8.78 Å². The Bertz CT molecular complexity index is 1880. The molecule has 2 heterocycles. The summed E-state index contributed by atoms with van der Waals surface area (Å²) in [6, 6.07) is 18.6. The van der Waals surface area contributed by atoms with E-state index in [1.54, 1.807) is 6.07 Å². The van der Waals surface area contributed by atoms with E-state index >= 15 is 0 Å². The van der Waals surface area contributed by atoms with Crippen molar-refractivity contribution in [3.63, 3.8) is 0 Å². The molecule has 264 valence electrons. The molecule has 1 aliphatic heterocycles. The summed E-state index contributed by atoms with van der Waals surface area (Å²) >= 11 is 0. The van der Waals surface area contributed by atoms with Gasteiger partial charge in [0.05, 0.1) is 5.56 Å². The van der Waals surface area contributed by atoms with Crippen molar-refractivity contribution in [3.8, 4) is 11.1 Å². The molecule has 0 N–H and O–H groups in total. The van der Waals surface area contributed by atoms with Gasteiger partial charge in [0.1, 0.15) is 6.54 Å². The van der Waals surface area contributed by atoms with Crippen molar-refractivity contribution in [1.82, 2.24) is 14.4 Å². The highest BCUT2D eigenvalue weighted by atomic mass is 19.4. The van der Waals surface area contributed by atoms with E-state index in [1.807, 2.05) is 33.7 Å². The number of carbonyl (C=O) groups is 1. The lowest BCUT2D eigenvalue weighted by Gasteiger charge is -2.40. The van der Waals surface area contributed by atoms with Crippen LogP contribution in [0.1, 0.15) is 66.8 Å². The Balaban J connectivity index is 1.27. The molecule has 0 bridgehead atoms. The number of aromatic nitrogens is 1. The van der Waals surface area contributed by atoms with E-state index in [2.05, 4.69) is 18.7 Å². The van der Waals surface area contributed by atoms with Gasteiger partial charge in [0, 0.05) is 54.7 Å². The molecule has 5 nitrogen and oxygen atoms in total. The largest absolute Gasteiger partial charge is 0.416 e. The summed E-state index contributed by atoms with van der Waals surface area (Å²) in [6.45, 7) is 6.42. The Morgan fingerprint density at radius 2 is 1.56 bits per heavy atom. The Kier molecular flexibility index (Phi) is 10.6. The van der Waals surface area contributed by atoms with Crippen LogP contribution < -0.4 is 5.43 Å². The zero-order valence-electron chi connectivity index (χ0n) is 28.4. The van der Waals surface area contributed by atoms with Crippen LogP contribution in [0.25, 0.3) is 11.1 Å². The Morgan fingerprint density at radius 3 is 2.20 bits per heavy atom. The summed E-state index contributed by atoms with van der Waals surface area (Å²) in [5, 5.41) is 0. The van der Waals surface area contributed by atoms with Crippen LogP contribution in [0.3, 0.4) is 0 Å². The number of likely N-dealkylation sites (tertiary alicyclic amines) is 1. The van der Waals surface area contributed by atoms with Crippen LogP contribution in [0.2, 0.25) is 0 Å². The molecule has 1 amide bonds. The van der Waals surface area contributed by atoms with Crippen LogP contribution >= 0.6 is 0 Å². The molecular weight excluding hydrogens is 649 g/mol. The first-order chi connectivity index (χ1) is 23.9. The number of rotatable bonds is 10. The summed E-state index contributed by atoms with van der Waals surface area (Å²) in [6.07, 6.45) is -0.222. The van der Waals surface area contributed by atoms with Gasteiger partial charge >= 0.3 is 6.18 Å². The summed E-state index contributed by atoms with van der Waals surface area (Å²) in [4.78, 5) is 31.9. The molecule has 0 spiro atoms.